The first-order valence-corrected chi connectivity index (χ1v) is 6.58. The van der Waals surface area contributed by atoms with Gasteiger partial charge in [0.1, 0.15) is 6.04 Å². The second-order valence-corrected chi connectivity index (χ2v) is 5.11. The lowest BCUT2D eigenvalue weighted by Crippen LogP contribution is -2.31. The topological polar surface area (TPSA) is 105 Å². The number of hydrogen-bond donors (Lipinski definition) is 2. The molecule has 2 aromatic rings. The number of nitrogens with one attached hydrogen (secondary N) is 1. The molecular formula is C14H13N3O4. The number of aromatic nitrogens is 1. The van der Waals surface area contributed by atoms with Crippen molar-refractivity contribution in [1.29, 1.82) is 0 Å². The van der Waals surface area contributed by atoms with Crippen LogP contribution in [0.2, 0.25) is 0 Å². The molecule has 108 valence electrons. The molecule has 1 aliphatic rings. The number of nitro groups is 1. The molecule has 1 atom stereocenters. The lowest BCUT2D eigenvalue weighted by atomic mass is 10.1. The number of carbonyl (C=O) groups is 1. The normalized spacial score (nSPS) is 15.6. The molecule has 7 heteroatoms. The van der Waals surface area contributed by atoms with Gasteiger partial charge in [-0.1, -0.05) is 0 Å². The summed E-state index contributed by atoms with van der Waals surface area (Å²) in [6.07, 6.45) is 4.76. The standard InChI is InChI=1S/C14H13N3O4/c18-14(19)13(8-1-2-8)16-11-3-4-12(17(20)21)9-5-6-15-7-10(9)11/h3-8,13,16H,1-2H2,(H,18,19). The molecule has 0 bridgehead atoms. The van der Waals surface area contributed by atoms with Gasteiger partial charge in [0, 0.05) is 29.5 Å². The molecule has 2 N–H and O–H groups in total. The lowest BCUT2D eigenvalue weighted by molar-refractivity contribution is -0.383. The highest BCUT2D eigenvalue weighted by atomic mass is 16.6. The number of hydrogen-bond acceptors (Lipinski definition) is 5. The van der Waals surface area contributed by atoms with Gasteiger partial charge in [0.15, 0.2) is 0 Å². The summed E-state index contributed by atoms with van der Waals surface area (Å²) in [6, 6.07) is 3.82. The Morgan fingerprint density at radius 1 is 1.38 bits per heavy atom. The SMILES string of the molecule is O=C(O)C(Nc1ccc([N+](=O)[O-])c2ccncc12)C1CC1. The van der Waals surface area contributed by atoms with Gasteiger partial charge in [-0.25, -0.2) is 4.79 Å². The molecule has 1 fully saturated rings. The molecular weight excluding hydrogens is 274 g/mol. The first-order chi connectivity index (χ1) is 10.1. The number of carboxylic acids is 1. The Bertz CT molecular complexity index is 727. The molecule has 1 aromatic heterocycles. The summed E-state index contributed by atoms with van der Waals surface area (Å²) in [5.74, 6) is -0.794. The van der Waals surface area contributed by atoms with Gasteiger partial charge in [0.25, 0.3) is 5.69 Å². The number of nitrogens with zero attached hydrogens (tertiary/aromatic N) is 2. The number of fused-ring (bicyclic) bond motifs is 1. The van der Waals surface area contributed by atoms with Crippen LogP contribution >= 0.6 is 0 Å². The zero-order valence-electron chi connectivity index (χ0n) is 11.0. The summed E-state index contributed by atoms with van der Waals surface area (Å²) in [5.41, 5.74) is 0.541. The van der Waals surface area contributed by atoms with Crippen LogP contribution in [0.3, 0.4) is 0 Å². The Labute approximate surface area is 119 Å². The third kappa shape index (κ3) is 2.49. The molecule has 0 spiro atoms. The van der Waals surface area contributed by atoms with Gasteiger partial charge in [-0.05, 0) is 30.9 Å². The van der Waals surface area contributed by atoms with Crippen LogP contribution in [0.5, 0.6) is 0 Å². The molecule has 1 heterocycles. The number of anilines is 1. The van der Waals surface area contributed by atoms with Gasteiger partial charge in [-0.3, -0.25) is 15.1 Å². The van der Waals surface area contributed by atoms with Crippen molar-refractivity contribution in [3.63, 3.8) is 0 Å². The number of carboxylic acid groups (broad SMARTS) is 1. The van der Waals surface area contributed by atoms with E-state index in [0.29, 0.717) is 16.5 Å². The first-order valence-electron chi connectivity index (χ1n) is 6.58. The minimum atomic E-state index is -0.909. The molecule has 0 saturated heterocycles. The molecule has 0 amide bonds. The largest absolute Gasteiger partial charge is 0.480 e. The summed E-state index contributed by atoms with van der Waals surface area (Å²) in [4.78, 5) is 25.9. The zero-order chi connectivity index (χ0) is 15.0. The minimum Gasteiger partial charge on any atom is -0.480 e. The molecule has 1 aliphatic carbocycles. The van der Waals surface area contributed by atoms with Gasteiger partial charge < -0.3 is 10.4 Å². The molecule has 1 saturated carbocycles. The van der Waals surface area contributed by atoms with Crippen LogP contribution < -0.4 is 5.32 Å². The number of benzene rings is 1. The van der Waals surface area contributed by atoms with Crippen molar-refractivity contribution < 1.29 is 14.8 Å². The Morgan fingerprint density at radius 3 is 2.76 bits per heavy atom. The van der Waals surface area contributed by atoms with Crippen LogP contribution in [0.1, 0.15) is 12.8 Å². The van der Waals surface area contributed by atoms with Crippen LogP contribution in [0, 0.1) is 16.0 Å². The van der Waals surface area contributed by atoms with Crippen LogP contribution in [0.15, 0.2) is 30.6 Å². The van der Waals surface area contributed by atoms with Crippen molar-refractivity contribution in [1.82, 2.24) is 4.98 Å². The smallest absolute Gasteiger partial charge is 0.326 e. The Hall–Kier alpha value is -2.70. The van der Waals surface area contributed by atoms with Gasteiger partial charge >= 0.3 is 5.97 Å². The average molecular weight is 287 g/mol. The fourth-order valence-electron chi connectivity index (χ4n) is 2.44. The highest BCUT2D eigenvalue weighted by molar-refractivity contribution is 6.00. The van der Waals surface area contributed by atoms with E-state index in [1.807, 2.05) is 0 Å². The Kier molecular flexibility index (Phi) is 3.17. The number of non-ortho nitro benzene ring substituents is 1. The fourth-order valence-corrected chi connectivity index (χ4v) is 2.44. The zero-order valence-corrected chi connectivity index (χ0v) is 11.0. The Morgan fingerprint density at radius 2 is 2.14 bits per heavy atom. The van der Waals surface area contributed by atoms with Crippen molar-refractivity contribution in [2.24, 2.45) is 5.92 Å². The van der Waals surface area contributed by atoms with E-state index in [1.165, 1.54) is 18.5 Å². The van der Waals surface area contributed by atoms with E-state index in [4.69, 9.17) is 0 Å². The summed E-state index contributed by atoms with van der Waals surface area (Å²) in [6.45, 7) is 0. The third-order valence-electron chi connectivity index (χ3n) is 3.66. The first kappa shape index (κ1) is 13.3. The van der Waals surface area contributed by atoms with Crippen molar-refractivity contribution in [3.05, 3.63) is 40.7 Å². The quantitative estimate of drug-likeness (QED) is 0.646. The van der Waals surface area contributed by atoms with Gasteiger partial charge in [-0.15, -0.1) is 0 Å². The van der Waals surface area contributed by atoms with Gasteiger partial charge in [-0.2, -0.15) is 0 Å². The predicted octanol–water partition coefficient (Wildman–Crippen LogP) is 2.42. The maximum Gasteiger partial charge on any atom is 0.326 e. The number of nitro benzene ring substituents is 1. The van der Waals surface area contributed by atoms with E-state index in [1.54, 1.807) is 12.1 Å². The highest BCUT2D eigenvalue weighted by Crippen LogP contribution is 2.37. The number of pyridine rings is 1. The summed E-state index contributed by atoms with van der Waals surface area (Å²) in [5, 5.41) is 24.3. The van der Waals surface area contributed by atoms with E-state index in [0.717, 1.165) is 12.8 Å². The molecule has 0 radical (unpaired) electrons. The minimum absolute atomic E-state index is 0.0174. The Balaban J connectivity index is 2.05. The molecule has 7 nitrogen and oxygen atoms in total. The maximum absolute atomic E-state index is 11.3. The third-order valence-corrected chi connectivity index (χ3v) is 3.66. The van der Waals surface area contributed by atoms with Crippen molar-refractivity contribution >= 4 is 28.1 Å². The average Bonchev–Trinajstić information content (AvgIpc) is 3.28. The van der Waals surface area contributed by atoms with E-state index < -0.39 is 16.9 Å². The van der Waals surface area contributed by atoms with Crippen LogP contribution in [0.4, 0.5) is 11.4 Å². The monoisotopic (exact) mass is 287 g/mol. The second kappa shape index (κ2) is 5.01. The van der Waals surface area contributed by atoms with Crippen molar-refractivity contribution in [2.75, 3.05) is 5.32 Å². The van der Waals surface area contributed by atoms with E-state index >= 15 is 0 Å². The van der Waals surface area contributed by atoms with Crippen molar-refractivity contribution in [3.8, 4) is 0 Å². The van der Waals surface area contributed by atoms with E-state index in [9.17, 15) is 20.0 Å². The molecule has 0 aliphatic heterocycles. The van der Waals surface area contributed by atoms with Crippen LogP contribution in [-0.4, -0.2) is 27.0 Å². The second-order valence-electron chi connectivity index (χ2n) is 5.11. The lowest BCUT2D eigenvalue weighted by Gasteiger charge is -2.16. The van der Waals surface area contributed by atoms with Crippen molar-refractivity contribution in [2.45, 2.75) is 18.9 Å². The molecule has 3 rings (SSSR count). The highest BCUT2D eigenvalue weighted by Gasteiger charge is 2.36. The van der Waals surface area contributed by atoms with Crippen LogP contribution in [0.25, 0.3) is 10.8 Å². The molecule has 1 unspecified atom stereocenters. The van der Waals surface area contributed by atoms with Gasteiger partial charge in [0.05, 0.1) is 10.3 Å². The summed E-state index contributed by atoms with van der Waals surface area (Å²) >= 11 is 0. The summed E-state index contributed by atoms with van der Waals surface area (Å²) in [7, 11) is 0. The number of aliphatic carboxylic acids is 1. The van der Waals surface area contributed by atoms with E-state index in [-0.39, 0.29) is 11.6 Å². The predicted molar refractivity (Wildman–Crippen MR) is 76.2 cm³/mol. The number of rotatable bonds is 5. The molecule has 1 aromatic carbocycles. The van der Waals surface area contributed by atoms with Gasteiger partial charge in [0.2, 0.25) is 0 Å². The molecule has 21 heavy (non-hydrogen) atoms. The van der Waals surface area contributed by atoms with E-state index in [2.05, 4.69) is 10.3 Å². The fraction of sp³-hybridized carbons (Fsp3) is 0.286. The summed E-state index contributed by atoms with van der Waals surface area (Å²) < 4.78 is 0. The van der Waals surface area contributed by atoms with Crippen LogP contribution in [-0.2, 0) is 4.79 Å². The maximum atomic E-state index is 11.3.